The summed E-state index contributed by atoms with van der Waals surface area (Å²) in [7, 11) is 0. The van der Waals surface area contributed by atoms with Gasteiger partial charge in [-0.2, -0.15) is 0 Å². The molecular weight excluding hydrogens is 312 g/mol. The van der Waals surface area contributed by atoms with Gasteiger partial charge in [0.15, 0.2) is 5.17 Å². The Hall–Kier alpha value is -0.960. The van der Waals surface area contributed by atoms with Crippen LogP contribution >= 0.6 is 11.8 Å². The Morgan fingerprint density at radius 1 is 1.04 bits per heavy atom. The van der Waals surface area contributed by atoms with E-state index in [0.717, 1.165) is 6.04 Å². The van der Waals surface area contributed by atoms with Crippen LogP contribution in [0.25, 0.3) is 0 Å². The summed E-state index contributed by atoms with van der Waals surface area (Å²) in [6, 6.07) is 7.39. The zero-order valence-corrected chi connectivity index (χ0v) is 16.0. The predicted octanol–water partition coefficient (Wildman–Crippen LogP) is 5.99. The highest BCUT2D eigenvalue weighted by atomic mass is 32.2. The molecule has 0 aromatic heterocycles. The first-order chi connectivity index (χ1) is 11.7. The van der Waals surface area contributed by atoms with E-state index in [-0.39, 0.29) is 0 Å². The first-order valence-corrected chi connectivity index (χ1v) is 10.7. The lowest BCUT2D eigenvalue weighted by Gasteiger charge is -2.43. The molecule has 0 N–H and O–H groups in total. The molecule has 1 aromatic carbocycles. The molecule has 2 saturated carbocycles. The number of hydrogen-bond donors (Lipinski definition) is 0. The number of aliphatic imine (C=N–C) groups is 1. The second-order valence-corrected chi connectivity index (χ2v) is 9.01. The highest BCUT2D eigenvalue weighted by Crippen LogP contribution is 2.48. The largest absolute Gasteiger partial charge is 0.342 e. The van der Waals surface area contributed by atoms with Crippen molar-refractivity contribution in [3.05, 3.63) is 29.3 Å². The lowest BCUT2D eigenvalue weighted by Crippen LogP contribution is -2.51. The average molecular weight is 343 g/mol. The summed E-state index contributed by atoms with van der Waals surface area (Å²) >= 11 is 2.02. The minimum Gasteiger partial charge on any atom is -0.342 e. The van der Waals surface area contributed by atoms with E-state index in [2.05, 4.69) is 36.9 Å². The van der Waals surface area contributed by atoms with E-state index in [9.17, 15) is 0 Å². The van der Waals surface area contributed by atoms with Gasteiger partial charge in [0.05, 0.1) is 11.2 Å². The topological polar surface area (TPSA) is 15.6 Å². The van der Waals surface area contributed by atoms with Gasteiger partial charge in [-0.25, -0.2) is 4.99 Å². The fraction of sp³-hybridized carbons (Fsp3) is 0.667. The van der Waals surface area contributed by atoms with Gasteiger partial charge in [-0.3, -0.25) is 0 Å². The molecule has 1 heterocycles. The van der Waals surface area contributed by atoms with Gasteiger partial charge in [0.2, 0.25) is 0 Å². The molecule has 2 aliphatic carbocycles. The van der Waals surface area contributed by atoms with Gasteiger partial charge in [0, 0.05) is 11.8 Å². The Morgan fingerprint density at radius 3 is 2.50 bits per heavy atom. The first-order valence-electron chi connectivity index (χ1n) is 9.76. The van der Waals surface area contributed by atoms with Crippen LogP contribution in [-0.4, -0.2) is 27.4 Å². The highest BCUT2D eigenvalue weighted by Gasteiger charge is 2.49. The van der Waals surface area contributed by atoms with Crippen molar-refractivity contribution in [1.29, 1.82) is 0 Å². The van der Waals surface area contributed by atoms with E-state index in [1.54, 1.807) is 0 Å². The van der Waals surface area contributed by atoms with Crippen molar-refractivity contribution in [3.8, 4) is 0 Å². The van der Waals surface area contributed by atoms with Crippen LogP contribution in [0, 0.1) is 13.8 Å². The second-order valence-electron chi connectivity index (χ2n) is 8.07. The Kier molecular flexibility index (Phi) is 4.64. The zero-order chi connectivity index (χ0) is 16.6. The smallest absolute Gasteiger partial charge is 0.165 e. The lowest BCUT2D eigenvalue weighted by molar-refractivity contribution is 0.132. The maximum Gasteiger partial charge on any atom is 0.165 e. The van der Waals surface area contributed by atoms with E-state index in [4.69, 9.17) is 4.99 Å². The number of aryl methyl sites for hydroxylation is 2. The van der Waals surface area contributed by atoms with E-state index >= 15 is 0 Å². The fourth-order valence-electron chi connectivity index (χ4n) is 4.96. The highest BCUT2D eigenvalue weighted by molar-refractivity contribution is 8.14. The van der Waals surface area contributed by atoms with Crippen molar-refractivity contribution in [2.24, 2.45) is 4.99 Å². The summed E-state index contributed by atoms with van der Waals surface area (Å²) in [6.45, 7) is 4.36. The SMILES string of the molecule is Cc1ccc(N=C2SCC3(CCCC3)N2C2CCCCC2)c(C)c1. The molecular formula is C21H30N2S. The number of rotatable bonds is 2. The average Bonchev–Trinajstić information content (AvgIpc) is 3.19. The third-order valence-electron chi connectivity index (χ3n) is 6.23. The normalized spacial score (nSPS) is 25.9. The molecule has 0 amide bonds. The number of benzene rings is 1. The number of hydrogen-bond acceptors (Lipinski definition) is 2. The van der Waals surface area contributed by atoms with Crippen LogP contribution in [0.4, 0.5) is 5.69 Å². The predicted molar refractivity (Wildman–Crippen MR) is 105 cm³/mol. The number of thioether (sulfide) groups is 1. The molecule has 3 aliphatic rings. The van der Waals surface area contributed by atoms with Gasteiger partial charge in [0.25, 0.3) is 0 Å². The Balaban J connectivity index is 1.68. The summed E-state index contributed by atoms with van der Waals surface area (Å²) < 4.78 is 0. The van der Waals surface area contributed by atoms with Gasteiger partial charge in [-0.1, -0.05) is 61.6 Å². The van der Waals surface area contributed by atoms with E-state index < -0.39 is 0 Å². The summed E-state index contributed by atoms with van der Waals surface area (Å²) in [5.74, 6) is 1.26. The van der Waals surface area contributed by atoms with Crippen molar-refractivity contribution in [1.82, 2.24) is 4.90 Å². The fourth-order valence-corrected chi connectivity index (χ4v) is 6.43. The van der Waals surface area contributed by atoms with Crippen LogP contribution in [0.15, 0.2) is 23.2 Å². The molecule has 0 atom stereocenters. The number of nitrogens with zero attached hydrogens (tertiary/aromatic N) is 2. The first kappa shape index (κ1) is 16.5. The minimum atomic E-state index is 0.421. The van der Waals surface area contributed by atoms with Crippen molar-refractivity contribution >= 4 is 22.6 Å². The molecule has 1 saturated heterocycles. The van der Waals surface area contributed by atoms with Gasteiger partial charge in [-0.15, -0.1) is 0 Å². The molecule has 4 rings (SSSR count). The summed E-state index contributed by atoms with van der Waals surface area (Å²) in [6.07, 6.45) is 12.5. The Bertz CT molecular complexity index is 625. The molecule has 1 spiro atoms. The van der Waals surface area contributed by atoms with Crippen molar-refractivity contribution < 1.29 is 0 Å². The van der Waals surface area contributed by atoms with Gasteiger partial charge < -0.3 is 4.90 Å². The van der Waals surface area contributed by atoms with Crippen molar-refractivity contribution in [2.45, 2.75) is 83.2 Å². The summed E-state index contributed by atoms with van der Waals surface area (Å²) in [5.41, 5.74) is 4.22. The van der Waals surface area contributed by atoms with Crippen LogP contribution in [-0.2, 0) is 0 Å². The lowest BCUT2D eigenvalue weighted by atomic mass is 9.89. The zero-order valence-electron chi connectivity index (χ0n) is 15.2. The van der Waals surface area contributed by atoms with E-state index in [1.807, 2.05) is 11.8 Å². The van der Waals surface area contributed by atoms with Gasteiger partial charge in [0.1, 0.15) is 0 Å². The standard InChI is InChI=1S/C21H30N2S/c1-16-10-11-19(17(2)14-16)22-20-23(18-8-4-3-5-9-18)21(15-24-20)12-6-7-13-21/h10-11,14,18H,3-9,12-13,15H2,1-2H3. The molecule has 2 nitrogen and oxygen atoms in total. The third kappa shape index (κ3) is 3.00. The van der Waals surface area contributed by atoms with E-state index in [1.165, 1.54) is 85.5 Å². The summed E-state index contributed by atoms with van der Waals surface area (Å²) in [4.78, 5) is 7.99. The molecule has 1 aromatic rings. The van der Waals surface area contributed by atoms with Crippen LogP contribution in [0.2, 0.25) is 0 Å². The molecule has 0 bridgehead atoms. The van der Waals surface area contributed by atoms with Crippen LogP contribution in [0.5, 0.6) is 0 Å². The molecule has 130 valence electrons. The molecule has 0 radical (unpaired) electrons. The van der Waals surface area contributed by atoms with Gasteiger partial charge in [-0.05, 0) is 51.2 Å². The molecule has 0 unspecified atom stereocenters. The van der Waals surface area contributed by atoms with Crippen molar-refractivity contribution in [2.75, 3.05) is 5.75 Å². The molecule has 24 heavy (non-hydrogen) atoms. The monoisotopic (exact) mass is 342 g/mol. The second kappa shape index (κ2) is 6.74. The maximum atomic E-state index is 5.18. The quantitative estimate of drug-likeness (QED) is 0.656. The summed E-state index contributed by atoms with van der Waals surface area (Å²) in [5, 5.41) is 1.32. The maximum absolute atomic E-state index is 5.18. The number of amidine groups is 1. The minimum absolute atomic E-state index is 0.421. The Morgan fingerprint density at radius 2 is 1.79 bits per heavy atom. The van der Waals surface area contributed by atoms with Crippen LogP contribution < -0.4 is 0 Å². The van der Waals surface area contributed by atoms with Crippen molar-refractivity contribution in [3.63, 3.8) is 0 Å². The van der Waals surface area contributed by atoms with Crippen LogP contribution in [0.1, 0.15) is 68.9 Å². The third-order valence-corrected chi connectivity index (χ3v) is 7.46. The van der Waals surface area contributed by atoms with Crippen LogP contribution in [0.3, 0.4) is 0 Å². The molecule has 1 aliphatic heterocycles. The van der Waals surface area contributed by atoms with Gasteiger partial charge >= 0.3 is 0 Å². The van der Waals surface area contributed by atoms with E-state index in [0.29, 0.717) is 5.54 Å². The Labute approximate surface area is 151 Å². The molecule has 3 heteroatoms. The molecule has 3 fully saturated rings.